The molecule has 18 heavy (non-hydrogen) atoms. The van der Waals surface area contributed by atoms with Gasteiger partial charge in [0.05, 0.1) is 18.4 Å². The van der Waals surface area contributed by atoms with Gasteiger partial charge in [0.25, 0.3) is 0 Å². The van der Waals surface area contributed by atoms with Gasteiger partial charge in [-0.05, 0) is 27.0 Å². The van der Waals surface area contributed by atoms with Crippen molar-refractivity contribution in [2.24, 2.45) is 0 Å². The summed E-state index contributed by atoms with van der Waals surface area (Å²) in [6.07, 6.45) is 1.62. The first-order valence-electron chi connectivity index (χ1n) is 6.29. The molecule has 4 nitrogen and oxygen atoms in total. The molecule has 0 aliphatic carbocycles. The van der Waals surface area contributed by atoms with Crippen LogP contribution < -0.4 is 10.2 Å². The van der Waals surface area contributed by atoms with Gasteiger partial charge < -0.3 is 15.0 Å². The van der Waals surface area contributed by atoms with Crippen molar-refractivity contribution in [2.75, 3.05) is 25.0 Å². The highest BCUT2D eigenvalue weighted by Gasteiger charge is 2.24. The highest BCUT2D eigenvalue weighted by Crippen LogP contribution is 2.22. The van der Waals surface area contributed by atoms with E-state index in [0.717, 1.165) is 24.5 Å². The monoisotopic (exact) mass is 253 g/mol. The Hall–Kier alpha value is -1.20. The molecule has 0 aromatic carbocycles. The van der Waals surface area contributed by atoms with Gasteiger partial charge in [0.15, 0.2) is 0 Å². The molecule has 100 valence electrons. The lowest BCUT2D eigenvalue weighted by molar-refractivity contribution is -0.00551. The van der Waals surface area contributed by atoms with E-state index in [-0.39, 0.29) is 18.0 Å². The predicted octanol–water partition coefficient (Wildman–Crippen LogP) is 1.55. The zero-order chi connectivity index (χ0) is 13.1. The molecule has 0 spiro atoms. The van der Waals surface area contributed by atoms with Crippen LogP contribution in [-0.2, 0) is 11.3 Å². The molecule has 1 aromatic rings. The molecular formula is C13H20FN3O. The Morgan fingerprint density at radius 2 is 2.11 bits per heavy atom. The zero-order valence-electron chi connectivity index (χ0n) is 11.1. The third kappa shape index (κ3) is 2.97. The predicted molar refractivity (Wildman–Crippen MR) is 69.2 cm³/mol. The molecular weight excluding hydrogens is 233 g/mol. The maximum Gasteiger partial charge on any atom is 0.141 e. The van der Waals surface area contributed by atoms with Crippen molar-refractivity contribution in [1.29, 1.82) is 0 Å². The third-order valence-corrected chi connectivity index (χ3v) is 3.00. The minimum atomic E-state index is -0.293. The Bertz CT molecular complexity index is 403. The zero-order valence-corrected chi connectivity index (χ0v) is 11.1. The van der Waals surface area contributed by atoms with Crippen LogP contribution in [0.5, 0.6) is 0 Å². The van der Waals surface area contributed by atoms with E-state index in [4.69, 9.17) is 4.74 Å². The lowest BCUT2D eigenvalue weighted by atomic mass is 10.2. The van der Waals surface area contributed by atoms with Crippen molar-refractivity contribution in [3.8, 4) is 0 Å². The number of hydrogen-bond acceptors (Lipinski definition) is 4. The first-order chi connectivity index (χ1) is 8.60. The van der Waals surface area contributed by atoms with Gasteiger partial charge >= 0.3 is 0 Å². The molecule has 1 aliphatic rings. The Kier molecular flexibility index (Phi) is 4.14. The van der Waals surface area contributed by atoms with Gasteiger partial charge in [0.1, 0.15) is 11.6 Å². The Morgan fingerprint density at radius 1 is 1.44 bits per heavy atom. The lowest BCUT2D eigenvalue weighted by Gasteiger charge is -2.36. The summed E-state index contributed by atoms with van der Waals surface area (Å²) in [6, 6.07) is 1.55. The molecule has 1 aliphatic heterocycles. The Balaban J connectivity index is 2.25. The number of morpholine rings is 1. The van der Waals surface area contributed by atoms with Crippen molar-refractivity contribution < 1.29 is 9.13 Å². The SMILES string of the molecule is CNCc1cc(F)cnc1N1C[C@@H](C)O[C@@H](C)C1. The highest BCUT2D eigenvalue weighted by atomic mass is 19.1. The largest absolute Gasteiger partial charge is 0.372 e. The Morgan fingerprint density at radius 3 is 2.72 bits per heavy atom. The quantitative estimate of drug-likeness (QED) is 0.887. The molecule has 0 amide bonds. The first-order valence-corrected chi connectivity index (χ1v) is 6.29. The molecule has 1 fully saturated rings. The van der Waals surface area contributed by atoms with E-state index >= 15 is 0 Å². The minimum absolute atomic E-state index is 0.169. The second-order valence-electron chi connectivity index (χ2n) is 4.83. The van der Waals surface area contributed by atoms with E-state index in [9.17, 15) is 4.39 Å². The second kappa shape index (κ2) is 5.63. The van der Waals surface area contributed by atoms with Gasteiger partial charge in [-0.15, -0.1) is 0 Å². The van der Waals surface area contributed by atoms with Crippen molar-refractivity contribution in [3.63, 3.8) is 0 Å². The number of rotatable bonds is 3. The normalized spacial score (nSPS) is 24.3. The fourth-order valence-corrected chi connectivity index (χ4v) is 2.43. The summed E-state index contributed by atoms with van der Waals surface area (Å²) in [5.74, 6) is 0.561. The Labute approximate surface area is 107 Å². The molecule has 2 rings (SSSR count). The van der Waals surface area contributed by atoms with E-state index in [1.165, 1.54) is 6.20 Å². The first kappa shape index (κ1) is 13.2. The van der Waals surface area contributed by atoms with Gasteiger partial charge in [0.2, 0.25) is 0 Å². The summed E-state index contributed by atoms with van der Waals surface area (Å²) in [4.78, 5) is 6.42. The fourth-order valence-electron chi connectivity index (χ4n) is 2.43. The molecule has 1 N–H and O–H groups in total. The van der Waals surface area contributed by atoms with Crippen LogP contribution >= 0.6 is 0 Å². The number of halogens is 1. The number of nitrogens with zero attached hydrogens (tertiary/aromatic N) is 2. The van der Waals surface area contributed by atoms with Crippen molar-refractivity contribution in [2.45, 2.75) is 32.6 Å². The number of ether oxygens (including phenoxy) is 1. The van der Waals surface area contributed by atoms with Crippen LogP contribution in [0.1, 0.15) is 19.4 Å². The number of anilines is 1. The van der Waals surface area contributed by atoms with Crippen LogP contribution in [0, 0.1) is 5.82 Å². The standard InChI is InChI=1S/C13H20FN3O/c1-9-7-17(8-10(2)18-9)13-11(5-15-3)4-12(14)6-16-13/h4,6,9-10,15H,5,7-8H2,1-3H3/t9-,10+. The number of hydrogen-bond donors (Lipinski definition) is 1. The maximum atomic E-state index is 13.3. The summed E-state index contributed by atoms with van der Waals surface area (Å²) < 4.78 is 19.0. The van der Waals surface area contributed by atoms with Gasteiger partial charge in [-0.1, -0.05) is 0 Å². The van der Waals surface area contributed by atoms with Crippen LogP contribution in [-0.4, -0.2) is 37.3 Å². The maximum absolute atomic E-state index is 13.3. The topological polar surface area (TPSA) is 37.4 Å². The molecule has 2 heterocycles. The van der Waals surface area contributed by atoms with Crippen molar-refractivity contribution in [3.05, 3.63) is 23.6 Å². The van der Waals surface area contributed by atoms with Crippen LogP contribution in [0.25, 0.3) is 0 Å². The van der Waals surface area contributed by atoms with E-state index in [0.29, 0.717) is 6.54 Å². The lowest BCUT2D eigenvalue weighted by Crippen LogP contribution is -2.46. The molecule has 2 atom stereocenters. The fraction of sp³-hybridized carbons (Fsp3) is 0.615. The molecule has 0 bridgehead atoms. The van der Waals surface area contributed by atoms with Crippen LogP contribution in [0.2, 0.25) is 0 Å². The van der Waals surface area contributed by atoms with Gasteiger partial charge in [-0.2, -0.15) is 0 Å². The van der Waals surface area contributed by atoms with Crippen molar-refractivity contribution in [1.82, 2.24) is 10.3 Å². The van der Waals surface area contributed by atoms with Crippen LogP contribution in [0.4, 0.5) is 10.2 Å². The van der Waals surface area contributed by atoms with E-state index in [1.54, 1.807) is 6.07 Å². The summed E-state index contributed by atoms with van der Waals surface area (Å²) in [6.45, 7) is 6.29. The summed E-state index contributed by atoms with van der Waals surface area (Å²) >= 11 is 0. The molecule has 1 saturated heterocycles. The van der Waals surface area contributed by atoms with E-state index in [1.807, 2.05) is 20.9 Å². The molecule has 1 aromatic heterocycles. The summed E-state index contributed by atoms with van der Waals surface area (Å²) in [7, 11) is 1.85. The van der Waals surface area contributed by atoms with Crippen molar-refractivity contribution >= 4 is 5.82 Å². The average Bonchev–Trinajstić information content (AvgIpc) is 2.28. The third-order valence-electron chi connectivity index (χ3n) is 3.00. The molecule has 5 heteroatoms. The summed E-state index contributed by atoms with van der Waals surface area (Å²) in [5, 5.41) is 3.05. The van der Waals surface area contributed by atoms with Gasteiger partial charge in [-0.25, -0.2) is 9.37 Å². The molecule has 0 unspecified atom stereocenters. The van der Waals surface area contributed by atoms with E-state index < -0.39 is 0 Å². The molecule has 0 radical (unpaired) electrons. The average molecular weight is 253 g/mol. The van der Waals surface area contributed by atoms with Gasteiger partial charge in [0, 0.05) is 25.2 Å². The number of aromatic nitrogens is 1. The smallest absolute Gasteiger partial charge is 0.141 e. The summed E-state index contributed by atoms with van der Waals surface area (Å²) in [5.41, 5.74) is 0.888. The van der Waals surface area contributed by atoms with Gasteiger partial charge in [-0.3, -0.25) is 0 Å². The highest BCUT2D eigenvalue weighted by molar-refractivity contribution is 5.47. The van der Waals surface area contributed by atoms with E-state index in [2.05, 4.69) is 15.2 Å². The number of nitrogens with one attached hydrogen (secondary N) is 1. The number of pyridine rings is 1. The minimum Gasteiger partial charge on any atom is -0.372 e. The van der Waals surface area contributed by atoms with Crippen LogP contribution in [0.15, 0.2) is 12.3 Å². The second-order valence-corrected chi connectivity index (χ2v) is 4.83. The van der Waals surface area contributed by atoms with Crippen LogP contribution in [0.3, 0.4) is 0 Å². The molecule has 0 saturated carbocycles.